The number of nitrogens with one attached hydrogen (secondary N) is 3. The quantitative estimate of drug-likeness (QED) is 0.591. The molecule has 2 aliphatic rings. The summed E-state index contributed by atoms with van der Waals surface area (Å²) in [5.41, 5.74) is 2.22. The zero-order valence-corrected chi connectivity index (χ0v) is 14.7. The molecule has 25 heavy (non-hydrogen) atoms. The number of halogens is 2. The minimum absolute atomic E-state index is 0.0896. The Hall–Kier alpha value is -1.31. The van der Waals surface area contributed by atoms with Gasteiger partial charge in [-0.15, -0.1) is 0 Å². The number of anilines is 1. The molecule has 4 N–H and O–H groups in total. The number of hydrogen-bond acceptors (Lipinski definition) is 5. The first-order valence-electron chi connectivity index (χ1n) is 9.19. The zero-order valence-electron chi connectivity index (χ0n) is 14.7. The Kier molecular flexibility index (Phi) is 5.55. The van der Waals surface area contributed by atoms with Crippen molar-refractivity contribution in [1.82, 2.24) is 15.6 Å². The lowest BCUT2D eigenvalue weighted by Gasteiger charge is -2.35. The van der Waals surface area contributed by atoms with Gasteiger partial charge in [-0.3, -0.25) is 10.6 Å². The molecule has 1 aromatic heterocycles. The summed E-state index contributed by atoms with van der Waals surface area (Å²) < 4.78 is 26.4. The van der Waals surface area contributed by atoms with Crippen molar-refractivity contribution in [2.24, 2.45) is 0 Å². The van der Waals surface area contributed by atoms with Crippen LogP contribution in [0.25, 0.3) is 0 Å². The number of aryl methyl sites for hydroxylation is 1. The van der Waals surface area contributed by atoms with E-state index in [1.165, 1.54) is 5.56 Å². The zero-order chi connectivity index (χ0) is 17.9. The van der Waals surface area contributed by atoms with Crippen molar-refractivity contribution >= 4 is 5.82 Å². The molecule has 1 aliphatic carbocycles. The van der Waals surface area contributed by atoms with Crippen LogP contribution < -0.4 is 16.0 Å². The summed E-state index contributed by atoms with van der Waals surface area (Å²) in [6, 6.07) is 4.05. The van der Waals surface area contributed by atoms with E-state index in [0.29, 0.717) is 25.8 Å². The molecule has 7 heteroatoms. The normalized spacial score (nSPS) is 22.7. The Morgan fingerprint density at radius 1 is 1.36 bits per heavy atom. The molecule has 0 aromatic carbocycles. The number of hydrogen-bond donors (Lipinski definition) is 4. The Morgan fingerprint density at radius 2 is 2.12 bits per heavy atom. The van der Waals surface area contributed by atoms with E-state index in [9.17, 15) is 13.9 Å². The molecular weight excluding hydrogens is 326 g/mol. The molecule has 3 rings (SSSR count). The van der Waals surface area contributed by atoms with Crippen LogP contribution in [0.1, 0.15) is 50.3 Å². The molecule has 0 saturated heterocycles. The van der Waals surface area contributed by atoms with E-state index in [2.05, 4.69) is 27.0 Å². The first-order chi connectivity index (χ1) is 11.8. The van der Waals surface area contributed by atoms with Crippen LogP contribution in [0.4, 0.5) is 14.6 Å². The number of alkyl halides is 2. The Labute approximate surface area is 147 Å². The molecule has 5 nitrogen and oxygen atoms in total. The van der Waals surface area contributed by atoms with Crippen molar-refractivity contribution in [2.75, 3.05) is 18.4 Å². The van der Waals surface area contributed by atoms with Gasteiger partial charge in [0.15, 0.2) is 5.85 Å². The number of rotatable bonds is 6. The van der Waals surface area contributed by atoms with Crippen molar-refractivity contribution in [3.63, 3.8) is 0 Å². The lowest BCUT2D eigenvalue weighted by Crippen LogP contribution is -2.59. The molecule has 2 heterocycles. The monoisotopic (exact) mass is 354 g/mol. The van der Waals surface area contributed by atoms with Crippen LogP contribution in [0.5, 0.6) is 0 Å². The molecule has 1 aromatic rings. The molecular formula is C18H28F2N4O. The maximum Gasteiger partial charge on any atom is 0.248 e. The van der Waals surface area contributed by atoms with E-state index in [1.807, 2.05) is 6.07 Å². The summed E-state index contributed by atoms with van der Waals surface area (Å²) in [7, 11) is 0. The summed E-state index contributed by atoms with van der Waals surface area (Å²) >= 11 is 0. The minimum atomic E-state index is -2.55. The Balaban J connectivity index is 1.44. The second kappa shape index (κ2) is 7.51. The number of nitrogens with zero attached hydrogens (tertiary/aromatic N) is 1. The van der Waals surface area contributed by atoms with Crippen LogP contribution in [0.3, 0.4) is 0 Å². The van der Waals surface area contributed by atoms with Gasteiger partial charge in [-0.2, -0.15) is 0 Å². The summed E-state index contributed by atoms with van der Waals surface area (Å²) in [6.07, 6.45) is 3.41. The van der Waals surface area contributed by atoms with Crippen molar-refractivity contribution in [2.45, 2.75) is 69.7 Å². The van der Waals surface area contributed by atoms with Gasteiger partial charge in [0.1, 0.15) is 5.82 Å². The number of aromatic nitrogens is 1. The Bertz CT molecular complexity index is 584. The smallest absolute Gasteiger partial charge is 0.248 e. The molecule has 1 saturated carbocycles. The van der Waals surface area contributed by atoms with Crippen LogP contribution in [0, 0.1) is 0 Å². The second-order valence-corrected chi connectivity index (χ2v) is 7.36. The van der Waals surface area contributed by atoms with Gasteiger partial charge in [-0.25, -0.2) is 13.8 Å². The summed E-state index contributed by atoms with van der Waals surface area (Å²) in [4.78, 5) is 4.63. The van der Waals surface area contributed by atoms with Gasteiger partial charge < -0.3 is 10.4 Å². The lowest BCUT2D eigenvalue weighted by atomic mass is 9.92. The largest absolute Gasteiger partial charge is 0.370 e. The molecule has 0 spiro atoms. The molecule has 1 aliphatic heterocycles. The number of pyridine rings is 1. The lowest BCUT2D eigenvalue weighted by molar-refractivity contribution is -0.0644. The summed E-state index contributed by atoms with van der Waals surface area (Å²) in [6.45, 7) is 3.14. The fourth-order valence-corrected chi connectivity index (χ4v) is 3.58. The SMILES string of the molecule is CC(O)(NCCc1ccc2c(n1)NCCC2)NC1CCC(F)(F)CC1. The highest BCUT2D eigenvalue weighted by Gasteiger charge is 2.36. The first-order valence-corrected chi connectivity index (χ1v) is 9.19. The maximum atomic E-state index is 13.2. The van der Waals surface area contributed by atoms with E-state index >= 15 is 0 Å². The van der Waals surface area contributed by atoms with Gasteiger partial charge in [-0.1, -0.05) is 6.07 Å². The van der Waals surface area contributed by atoms with Crippen LogP contribution in [-0.4, -0.2) is 41.0 Å². The average molecular weight is 354 g/mol. The van der Waals surface area contributed by atoms with Gasteiger partial charge in [-0.05, 0) is 44.2 Å². The molecule has 0 bridgehead atoms. The van der Waals surface area contributed by atoms with Crippen molar-refractivity contribution in [3.8, 4) is 0 Å². The van der Waals surface area contributed by atoms with E-state index in [4.69, 9.17) is 0 Å². The topological polar surface area (TPSA) is 69.2 Å². The van der Waals surface area contributed by atoms with Gasteiger partial charge in [0, 0.05) is 44.1 Å². The molecule has 0 amide bonds. The summed E-state index contributed by atoms with van der Waals surface area (Å²) in [5, 5.41) is 19.8. The van der Waals surface area contributed by atoms with Gasteiger partial charge >= 0.3 is 0 Å². The summed E-state index contributed by atoms with van der Waals surface area (Å²) in [5.74, 6) is -2.86. The van der Waals surface area contributed by atoms with Crippen molar-refractivity contribution < 1.29 is 13.9 Å². The highest BCUT2D eigenvalue weighted by molar-refractivity contribution is 5.47. The van der Waals surface area contributed by atoms with Gasteiger partial charge in [0.05, 0.1) is 0 Å². The van der Waals surface area contributed by atoms with E-state index in [-0.39, 0.29) is 18.9 Å². The van der Waals surface area contributed by atoms with Crippen molar-refractivity contribution in [1.29, 1.82) is 0 Å². The van der Waals surface area contributed by atoms with Gasteiger partial charge in [0.2, 0.25) is 5.92 Å². The Morgan fingerprint density at radius 3 is 2.88 bits per heavy atom. The van der Waals surface area contributed by atoms with Crippen LogP contribution in [0.15, 0.2) is 12.1 Å². The highest BCUT2D eigenvalue weighted by atomic mass is 19.3. The van der Waals surface area contributed by atoms with E-state index in [1.54, 1.807) is 6.92 Å². The fourth-order valence-electron chi connectivity index (χ4n) is 3.58. The minimum Gasteiger partial charge on any atom is -0.370 e. The molecule has 1 atom stereocenters. The van der Waals surface area contributed by atoms with Crippen LogP contribution in [0.2, 0.25) is 0 Å². The molecule has 0 radical (unpaired) electrons. The van der Waals surface area contributed by atoms with E-state index < -0.39 is 11.8 Å². The maximum absolute atomic E-state index is 13.2. The van der Waals surface area contributed by atoms with Crippen molar-refractivity contribution in [3.05, 3.63) is 23.4 Å². The third-order valence-corrected chi connectivity index (χ3v) is 5.00. The highest BCUT2D eigenvalue weighted by Crippen LogP contribution is 2.33. The molecule has 140 valence electrons. The third-order valence-electron chi connectivity index (χ3n) is 5.00. The fraction of sp³-hybridized carbons (Fsp3) is 0.722. The standard InChI is InChI=1S/C18H28F2N4O/c1-17(25,24-15-6-9-18(19,20)10-7-15)22-12-8-14-5-4-13-3-2-11-21-16(13)23-14/h4-5,15,22,24-25H,2-3,6-12H2,1H3,(H,21,23). The molecule has 1 fully saturated rings. The predicted molar refractivity (Wildman–Crippen MR) is 93.7 cm³/mol. The van der Waals surface area contributed by atoms with Crippen LogP contribution in [-0.2, 0) is 12.8 Å². The average Bonchev–Trinajstić information content (AvgIpc) is 2.56. The number of fused-ring (bicyclic) bond motifs is 1. The third kappa shape index (κ3) is 5.33. The molecule has 1 unspecified atom stereocenters. The number of aliphatic hydroxyl groups is 1. The second-order valence-electron chi connectivity index (χ2n) is 7.36. The van der Waals surface area contributed by atoms with Crippen LogP contribution >= 0.6 is 0 Å². The predicted octanol–water partition coefficient (Wildman–Crippen LogP) is 2.41. The first kappa shape index (κ1) is 18.5. The van der Waals surface area contributed by atoms with Gasteiger partial charge in [0.25, 0.3) is 0 Å². The van der Waals surface area contributed by atoms with E-state index in [0.717, 1.165) is 30.9 Å².